The van der Waals surface area contributed by atoms with Crippen molar-refractivity contribution >= 4 is 16.7 Å². The Morgan fingerprint density at radius 3 is 1.93 bits per heavy atom. The maximum Gasteiger partial charge on any atom is 0.336 e. The fourth-order valence-electron chi connectivity index (χ4n) is 4.38. The summed E-state index contributed by atoms with van der Waals surface area (Å²) >= 11 is 0. The number of unbranched alkanes of at least 4 members (excludes halogenated alkanes) is 10. The summed E-state index contributed by atoms with van der Waals surface area (Å²) in [4.78, 5) is 12.2. The highest BCUT2D eigenvalue weighted by molar-refractivity contribution is 6.05. The molecule has 0 fully saturated rings. The minimum atomic E-state index is -0.771. The molecule has 0 heterocycles. The maximum absolute atomic E-state index is 12.2. The largest absolute Gasteiger partial charge is 0.478 e. The Morgan fingerprint density at radius 1 is 0.759 bits per heavy atom. The molecule has 0 amide bonds. The molecule has 0 aliphatic heterocycles. The van der Waals surface area contributed by atoms with Crippen LogP contribution in [0.3, 0.4) is 0 Å². The number of aromatic carboxylic acids is 1. The normalized spacial score (nSPS) is 11.2. The second kappa shape index (κ2) is 13.4. The summed E-state index contributed by atoms with van der Waals surface area (Å²) in [5.41, 5.74) is 2.92. The Kier molecular flexibility index (Phi) is 10.8. The third-order valence-electron chi connectivity index (χ3n) is 6.04. The highest BCUT2D eigenvalue weighted by Crippen LogP contribution is 2.29. The van der Waals surface area contributed by atoms with Gasteiger partial charge in [0.25, 0.3) is 0 Å². The van der Waals surface area contributed by atoms with Gasteiger partial charge >= 0.3 is 5.97 Å². The van der Waals surface area contributed by atoms with Gasteiger partial charge in [-0.05, 0) is 47.6 Å². The minimum absolute atomic E-state index is 0.553. The first-order chi connectivity index (χ1) is 14.2. The highest BCUT2D eigenvalue weighted by atomic mass is 16.4. The van der Waals surface area contributed by atoms with Crippen molar-refractivity contribution in [1.29, 1.82) is 0 Å². The van der Waals surface area contributed by atoms with Crippen molar-refractivity contribution in [2.24, 2.45) is 0 Å². The van der Waals surface area contributed by atoms with E-state index in [1.807, 2.05) is 18.2 Å². The van der Waals surface area contributed by atoms with E-state index in [0.717, 1.165) is 42.0 Å². The van der Waals surface area contributed by atoms with Crippen LogP contribution in [0.25, 0.3) is 10.8 Å². The van der Waals surface area contributed by atoms with Crippen LogP contribution in [0.1, 0.15) is 112 Å². The monoisotopic (exact) mass is 396 g/mol. The van der Waals surface area contributed by atoms with Gasteiger partial charge in [-0.25, -0.2) is 4.79 Å². The molecular weight excluding hydrogens is 356 g/mol. The first-order valence-corrected chi connectivity index (χ1v) is 12.0. The third-order valence-corrected chi connectivity index (χ3v) is 6.04. The summed E-state index contributed by atoms with van der Waals surface area (Å²) in [6.45, 7) is 4.49. The van der Waals surface area contributed by atoms with Gasteiger partial charge in [0.15, 0.2) is 0 Å². The molecule has 1 N–H and O–H groups in total. The lowest BCUT2D eigenvalue weighted by molar-refractivity contribution is 0.0697. The quantitative estimate of drug-likeness (QED) is 0.307. The summed E-state index contributed by atoms with van der Waals surface area (Å²) in [5.74, 6) is -0.771. The molecule has 0 aromatic heterocycles. The van der Waals surface area contributed by atoms with Crippen LogP contribution in [0.2, 0.25) is 0 Å². The molecule has 2 rings (SSSR count). The van der Waals surface area contributed by atoms with Crippen molar-refractivity contribution in [3.8, 4) is 0 Å². The molecule has 2 aromatic rings. The standard InChI is InChI=1S/C27H40O2/c1-3-5-7-9-11-13-17-22-21-23-18-15-16-20-25(23)26(27(28)29)24(22)19-14-12-10-8-6-4-2/h15-16,18,20-21H,3-14,17,19H2,1-2H3,(H,28,29). The van der Waals surface area contributed by atoms with E-state index in [4.69, 9.17) is 0 Å². The van der Waals surface area contributed by atoms with Crippen molar-refractivity contribution in [3.63, 3.8) is 0 Å². The third kappa shape index (κ3) is 7.49. The lowest BCUT2D eigenvalue weighted by Crippen LogP contribution is -2.08. The summed E-state index contributed by atoms with van der Waals surface area (Å²) in [6.07, 6.45) is 16.9. The molecule has 0 unspecified atom stereocenters. The lowest BCUT2D eigenvalue weighted by Gasteiger charge is -2.16. The molecule has 0 atom stereocenters. The molecule has 0 aliphatic rings. The van der Waals surface area contributed by atoms with Crippen LogP contribution in [0.5, 0.6) is 0 Å². The molecule has 2 heteroatoms. The zero-order valence-electron chi connectivity index (χ0n) is 18.6. The average Bonchev–Trinajstić information content (AvgIpc) is 2.72. The van der Waals surface area contributed by atoms with Crippen LogP contribution < -0.4 is 0 Å². The van der Waals surface area contributed by atoms with Crippen molar-refractivity contribution in [2.45, 2.75) is 104 Å². The van der Waals surface area contributed by atoms with Gasteiger partial charge in [0.1, 0.15) is 0 Å². The number of carbonyl (C=O) groups is 1. The van der Waals surface area contributed by atoms with Crippen LogP contribution in [0.4, 0.5) is 0 Å². The van der Waals surface area contributed by atoms with E-state index < -0.39 is 5.97 Å². The van der Waals surface area contributed by atoms with E-state index in [2.05, 4.69) is 26.0 Å². The van der Waals surface area contributed by atoms with E-state index in [0.29, 0.717) is 5.56 Å². The number of carboxylic acids is 1. The molecular formula is C27H40O2. The first-order valence-electron chi connectivity index (χ1n) is 12.0. The Labute approximate surface area is 177 Å². The Hall–Kier alpha value is -1.83. The number of aryl methyl sites for hydroxylation is 1. The van der Waals surface area contributed by atoms with Gasteiger partial charge < -0.3 is 5.11 Å². The topological polar surface area (TPSA) is 37.3 Å². The van der Waals surface area contributed by atoms with Crippen LogP contribution >= 0.6 is 0 Å². The smallest absolute Gasteiger partial charge is 0.336 e. The molecule has 0 saturated carbocycles. The molecule has 0 aliphatic carbocycles. The van der Waals surface area contributed by atoms with Gasteiger partial charge in [-0.15, -0.1) is 0 Å². The SMILES string of the molecule is CCCCCCCCc1cc2ccccc2c(C(=O)O)c1CCCCCCCC. The van der Waals surface area contributed by atoms with Crippen LogP contribution in [-0.2, 0) is 12.8 Å². The number of hydrogen-bond acceptors (Lipinski definition) is 1. The molecule has 2 nitrogen and oxygen atoms in total. The van der Waals surface area contributed by atoms with E-state index in [1.54, 1.807) is 0 Å². The van der Waals surface area contributed by atoms with E-state index in [1.165, 1.54) is 69.8 Å². The second-order valence-electron chi connectivity index (χ2n) is 8.45. The second-order valence-corrected chi connectivity index (χ2v) is 8.45. The number of carboxylic acid groups (broad SMARTS) is 1. The van der Waals surface area contributed by atoms with Gasteiger partial charge in [0, 0.05) is 0 Å². The van der Waals surface area contributed by atoms with Crippen molar-refractivity contribution in [2.75, 3.05) is 0 Å². The predicted octanol–water partition coefficient (Wildman–Crippen LogP) is 8.34. The predicted molar refractivity (Wildman–Crippen MR) is 125 cm³/mol. The van der Waals surface area contributed by atoms with Crippen LogP contribution in [0, 0.1) is 0 Å². The van der Waals surface area contributed by atoms with Crippen molar-refractivity contribution < 1.29 is 9.90 Å². The maximum atomic E-state index is 12.2. The summed E-state index contributed by atoms with van der Waals surface area (Å²) in [6, 6.07) is 10.3. The number of fused-ring (bicyclic) bond motifs is 1. The first kappa shape index (κ1) is 23.4. The van der Waals surface area contributed by atoms with Crippen LogP contribution in [-0.4, -0.2) is 11.1 Å². The fraction of sp³-hybridized carbons (Fsp3) is 0.593. The molecule has 29 heavy (non-hydrogen) atoms. The highest BCUT2D eigenvalue weighted by Gasteiger charge is 2.18. The minimum Gasteiger partial charge on any atom is -0.478 e. The Bertz CT molecular complexity index is 748. The molecule has 0 bridgehead atoms. The van der Waals surface area contributed by atoms with E-state index >= 15 is 0 Å². The molecule has 0 spiro atoms. The zero-order valence-corrected chi connectivity index (χ0v) is 18.6. The number of rotatable bonds is 15. The van der Waals surface area contributed by atoms with Gasteiger partial charge in [0.2, 0.25) is 0 Å². The van der Waals surface area contributed by atoms with Gasteiger partial charge in [-0.2, -0.15) is 0 Å². The molecule has 160 valence electrons. The summed E-state index contributed by atoms with van der Waals surface area (Å²) < 4.78 is 0. The van der Waals surface area contributed by atoms with E-state index in [9.17, 15) is 9.90 Å². The molecule has 0 saturated heterocycles. The Morgan fingerprint density at radius 2 is 1.31 bits per heavy atom. The van der Waals surface area contributed by atoms with Crippen molar-refractivity contribution in [1.82, 2.24) is 0 Å². The van der Waals surface area contributed by atoms with Gasteiger partial charge in [0.05, 0.1) is 5.56 Å². The fourth-order valence-corrected chi connectivity index (χ4v) is 4.38. The van der Waals surface area contributed by atoms with Gasteiger partial charge in [-0.3, -0.25) is 0 Å². The lowest BCUT2D eigenvalue weighted by atomic mass is 9.88. The van der Waals surface area contributed by atoms with Gasteiger partial charge in [-0.1, -0.05) is 108 Å². The molecule has 2 aromatic carbocycles. The number of benzene rings is 2. The Balaban J connectivity index is 2.16. The zero-order chi connectivity index (χ0) is 20.9. The number of hydrogen-bond donors (Lipinski definition) is 1. The summed E-state index contributed by atoms with van der Waals surface area (Å²) in [5, 5.41) is 12.0. The summed E-state index contributed by atoms with van der Waals surface area (Å²) in [7, 11) is 0. The average molecular weight is 397 g/mol. The van der Waals surface area contributed by atoms with Crippen LogP contribution in [0.15, 0.2) is 30.3 Å². The van der Waals surface area contributed by atoms with E-state index in [-0.39, 0.29) is 0 Å². The molecule has 0 radical (unpaired) electrons. The van der Waals surface area contributed by atoms with Crippen molar-refractivity contribution in [3.05, 3.63) is 47.0 Å².